The Labute approximate surface area is 185 Å². The number of likely N-dealkylation sites (tertiary alicyclic amines) is 1. The monoisotopic (exact) mass is 462 g/mol. The maximum absolute atomic E-state index is 13.0. The quantitative estimate of drug-likeness (QED) is 0.690. The standard InChI is InChI=1S/C19H23FN4O2S.2ClH/c20-15-5-3-13(4-6-15)10-17-23-16(12-27-17)19(26)24-9-1-2-14(11-24)18(25)22-8-7-21;;/h3-6,12,14H,1-2,7-11,21H2,(H,22,25);2*1H. The molecule has 1 fully saturated rings. The van der Waals surface area contributed by atoms with Crippen LogP contribution in [-0.2, 0) is 11.2 Å². The van der Waals surface area contributed by atoms with Gasteiger partial charge in [-0.1, -0.05) is 12.1 Å². The average Bonchev–Trinajstić information content (AvgIpc) is 3.16. The third-order valence-corrected chi connectivity index (χ3v) is 5.41. The number of nitrogens with zero attached hydrogens (tertiary/aromatic N) is 2. The number of carbonyl (C=O) groups is 2. The van der Waals surface area contributed by atoms with Crippen LogP contribution in [0.15, 0.2) is 29.6 Å². The number of piperidine rings is 1. The number of nitrogens with two attached hydrogens (primary N) is 1. The van der Waals surface area contributed by atoms with Crippen molar-refractivity contribution in [3.8, 4) is 0 Å². The second kappa shape index (κ2) is 12.1. The topological polar surface area (TPSA) is 88.3 Å². The SMILES string of the molecule is Cl.Cl.NCCNC(=O)C1CCCN(C(=O)c2csc(Cc3ccc(F)cc3)n2)C1. The molecule has 2 amide bonds. The first kappa shape index (κ1) is 25.3. The normalized spacial score (nSPS) is 15.8. The Bertz CT molecular complexity index is 804. The van der Waals surface area contributed by atoms with Gasteiger partial charge in [-0.2, -0.15) is 0 Å². The number of hydrogen-bond acceptors (Lipinski definition) is 5. The molecule has 3 N–H and O–H groups in total. The van der Waals surface area contributed by atoms with Crippen LogP contribution in [0.3, 0.4) is 0 Å². The van der Waals surface area contributed by atoms with Crippen molar-refractivity contribution < 1.29 is 14.0 Å². The van der Waals surface area contributed by atoms with Gasteiger partial charge in [-0.15, -0.1) is 36.2 Å². The highest BCUT2D eigenvalue weighted by Gasteiger charge is 2.29. The zero-order valence-corrected chi connectivity index (χ0v) is 18.3. The van der Waals surface area contributed by atoms with E-state index in [0.717, 1.165) is 23.4 Å². The van der Waals surface area contributed by atoms with Crippen molar-refractivity contribution in [2.75, 3.05) is 26.2 Å². The lowest BCUT2D eigenvalue weighted by Gasteiger charge is -2.31. The van der Waals surface area contributed by atoms with Crippen molar-refractivity contribution in [3.05, 3.63) is 51.7 Å². The van der Waals surface area contributed by atoms with E-state index in [-0.39, 0.29) is 48.4 Å². The molecule has 0 spiro atoms. The summed E-state index contributed by atoms with van der Waals surface area (Å²) in [7, 11) is 0. The maximum atomic E-state index is 13.0. The van der Waals surface area contributed by atoms with Crippen molar-refractivity contribution in [2.24, 2.45) is 11.7 Å². The molecule has 1 aromatic heterocycles. The van der Waals surface area contributed by atoms with Crippen LogP contribution in [0.4, 0.5) is 4.39 Å². The molecule has 0 aliphatic carbocycles. The Morgan fingerprint density at radius 2 is 2.00 bits per heavy atom. The summed E-state index contributed by atoms with van der Waals surface area (Å²) >= 11 is 1.41. The zero-order valence-electron chi connectivity index (χ0n) is 15.8. The van der Waals surface area contributed by atoms with Crippen LogP contribution in [0.25, 0.3) is 0 Å². The van der Waals surface area contributed by atoms with Crippen molar-refractivity contribution >= 4 is 48.0 Å². The van der Waals surface area contributed by atoms with Crippen molar-refractivity contribution in [1.82, 2.24) is 15.2 Å². The Morgan fingerprint density at radius 1 is 1.28 bits per heavy atom. The molecule has 1 aromatic carbocycles. The molecule has 0 saturated carbocycles. The number of carbonyl (C=O) groups excluding carboxylic acids is 2. The summed E-state index contributed by atoms with van der Waals surface area (Å²) < 4.78 is 13.0. The first-order valence-electron chi connectivity index (χ1n) is 9.02. The first-order valence-corrected chi connectivity index (χ1v) is 9.90. The Kier molecular flexibility index (Phi) is 10.5. The molecular formula is C19H25Cl2FN4O2S. The van der Waals surface area contributed by atoms with E-state index >= 15 is 0 Å². The molecule has 10 heteroatoms. The molecule has 0 radical (unpaired) electrons. The third-order valence-electron chi connectivity index (χ3n) is 4.56. The van der Waals surface area contributed by atoms with Crippen molar-refractivity contribution in [2.45, 2.75) is 19.3 Å². The van der Waals surface area contributed by atoms with E-state index in [0.29, 0.717) is 38.3 Å². The van der Waals surface area contributed by atoms with E-state index in [1.807, 2.05) is 0 Å². The molecule has 3 rings (SSSR count). The fourth-order valence-electron chi connectivity index (χ4n) is 3.14. The van der Waals surface area contributed by atoms with Gasteiger partial charge in [0.2, 0.25) is 5.91 Å². The summed E-state index contributed by atoms with van der Waals surface area (Å²) in [6, 6.07) is 6.26. The lowest BCUT2D eigenvalue weighted by Crippen LogP contribution is -2.46. The minimum Gasteiger partial charge on any atom is -0.355 e. The van der Waals surface area contributed by atoms with Crippen LogP contribution in [0, 0.1) is 11.7 Å². The second-order valence-corrected chi connectivity index (χ2v) is 7.54. The van der Waals surface area contributed by atoms with E-state index < -0.39 is 0 Å². The van der Waals surface area contributed by atoms with Gasteiger partial charge >= 0.3 is 0 Å². The van der Waals surface area contributed by atoms with Gasteiger partial charge < -0.3 is 16.0 Å². The number of rotatable bonds is 6. The van der Waals surface area contributed by atoms with Gasteiger partial charge in [0.1, 0.15) is 11.5 Å². The molecule has 1 atom stereocenters. The number of halogens is 3. The molecule has 1 saturated heterocycles. The summed E-state index contributed by atoms with van der Waals surface area (Å²) in [6.45, 7) is 1.88. The number of benzene rings is 1. The maximum Gasteiger partial charge on any atom is 0.273 e. The number of hydrogen-bond donors (Lipinski definition) is 2. The lowest BCUT2D eigenvalue weighted by atomic mass is 9.97. The highest BCUT2D eigenvalue weighted by molar-refractivity contribution is 7.09. The van der Waals surface area contributed by atoms with E-state index in [4.69, 9.17) is 5.73 Å². The molecule has 6 nitrogen and oxygen atoms in total. The Morgan fingerprint density at radius 3 is 2.69 bits per heavy atom. The fourth-order valence-corrected chi connectivity index (χ4v) is 3.95. The predicted octanol–water partition coefficient (Wildman–Crippen LogP) is 2.64. The van der Waals surface area contributed by atoms with Gasteiger partial charge in [-0.25, -0.2) is 9.37 Å². The average molecular weight is 463 g/mol. The first-order chi connectivity index (χ1) is 13.1. The predicted molar refractivity (Wildman–Crippen MR) is 117 cm³/mol. The molecule has 160 valence electrons. The van der Waals surface area contributed by atoms with E-state index in [2.05, 4.69) is 10.3 Å². The number of nitrogens with one attached hydrogen (secondary N) is 1. The fraction of sp³-hybridized carbons (Fsp3) is 0.421. The summed E-state index contributed by atoms with van der Waals surface area (Å²) in [5.74, 6) is -0.670. The van der Waals surface area contributed by atoms with Crippen LogP contribution >= 0.6 is 36.2 Å². The van der Waals surface area contributed by atoms with Gasteiger partial charge in [0.05, 0.1) is 10.9 Å². The highest BCUT2D eigenvalue weighted by atomic mass is 35.5. The molecule has 29 heavy (non-hydrogen) atoms. The number of amides is 2. The van der Waals surface area contributed by atoms with Crippen LogP contribution < -0.4 is 11.1 Å². The van der Waals surface area contributed by atoms with Gasteiger partial charge in [0.25, 0.3) is 5.91 Å². The van der Waals surface area contributed by atoms with Crippen LogP contribution in [0.1, 0.15) is 33.9 Å². The number of aromatic nitrogens is 1. The third kappa shape index (κ3) is 6.92. The highest BCUT2D eigenvalue weighted by Crippen LogP contribution is 2.21. The Balaban J connectivity index is 0.00000210. The summed E-state index contributed by atoms with van der Waals surface area (Å²) in [5.41, 5.74) is 6.76. The minimum absolute atomic E-state index is 0. The van der Waals surface area contributed by atoms with Gasteiger partial charge in [-0.3, -0.25) is 9.59 Å². The van der Waals surface area contributed by atoms with Crippen molar-refractivity contribution in [1.29, 1.82) is 0 Å². The number of thiazole rings is 1. The van der Waals surface area contributed by atoms with Crippen molar-refractivity contribution in [3.63, 3.8) is 0 Å². The summed E-state index contributed by atoms with van der Waals surface area (Å²) in [4.78, 5) is 31.0. The molecule has 1 aliphatic rings. The van der Waals surface area contributed by atoms with Crippen LogP contribution in [-0.4, -0.2) is 47.9 Å². The second-order valence-electron chi connectivity index (χ2n) is 6.60. The smallest absolute Gasteiger partial charge is 0.273 e. The molecule has 0 bridgehead atoms. The molecule has 1 unspecified atom stereocenters. The molecule has 2 aromatic rings. The van der Waals surface area contributed by atoms with Crippen LogP contribution in [0.5, 0.6) is 0 Å². The summed E-state index contributed by atoms with van der Waals surface area (Å²) in [5, 5.41) is 5.35. The molecule has 2 heterocycles. The van der Waals surface area contributed by atoms with E-state index in [1.54, 1.807) is 22.4 Å². The zero-order chi connectivity index (χ0) is 19.2. The minimum atomic E-state index is -0.274. The van der Waals surface area contributed by atoms with Gasteiger partial charge in [-0.05, 0) is 30.5 Å². The van der Waals surface area contributed by atoms with Gasteiger partial charge in [0, 0.05) is 38.0 Å². The van der Waals surface area contributed by atoms with E-state index in [9.17, 15) is 14.0 Å². The van der Waals surface area contributed by atoms with Crippen LogP contribution in [0.2, 0.25) is 0 Å². The largest absolute Gasteiger partial charge is 0.355 e. The summed E-state index contributed by atoms with van der Waals surface area (Å²) in [6.07, 6.45) is 2.12. The Hall–Kier alpha value is -1.74. The lowest BCUT2D eigenvalue weighted by molar-refractivity contribution is -0.126. The molecule has 1 aliphatic heterocycles. The molecular weight excluding hydrogens is 438 g/mol. The van der Waals surface area contributed by atoms with Gasteiger partial charge in [0.15, 0.2) is 0 Å². The van der Waals surface area contributed by atoms with E-state index in [1.165, 1.54) is 23.5 Å².